The van der Waals surface area contributed by atoms with Crippen molar-refractivity contribution in [3.05, 3.63) is 41.0 Å². The lowest BCUT2D eigenvalue weighted by molar-refractivity contribution is 0.0915. The van der Waals surface area contributed by atoms with Gasteiger partial charge in [0.1, 0.15) is 5.69 Å². The zero-order chi connectivity index (χ0) is 18.9. The molecule has 0 radical (unpaired) electrons. The number of nitrogens with one attached hydrogen (secondary N) is 2. The molecule has 1 aromatic carbocycles. The molecule has 1 amide bonds. The Morgan fingerprint density at radius 1 is 1.35 bits per heavy atom. The number of carbonyl (C=O) groups is 1. The summed E-state index contributed by atoms with van der Waals surface area (Å²) in [6.45, 7) is 10.2. The van der Waals surface area contributed by atoms with Gasteiger partial charge in [-0.1, -0.05) is 36.7 Å². The number of nitrogens with zero attached hydrogens (tertiary/aromatic N) is 2. The van der Waals surface area contributed by atoms with Crippen molar-refractivity contribution in [3.63, 3.8) is 0 Å². The average Bonchev–Trinajstić information content (AvgIpc) is 3.03. The highest BCUT2D eigenvalue weighted by molar-refractivity contribution is 6.33. The van der Waals surface area contributed by atoms with Gasteiger partial charge in [-0.2, -0.15) is 5.10 Å². The predicted molar refractivity (Wildman–Crippen MR) is 106 cm³/mol. The molecule has 140 valence electrons. The van der Waals surface area contributed by atoms with E-state index in [4.69, 9.17) is 16.7 Å². The number of piperidine rings is 1. The van der Waals surface area contributed by atoms with E-state index in [0.717, 1.165) is 25.1 Å². The standard InChI is InChI=1S/C20H27ClN4O/c1-13-9-10-22-11-17(13)23-19(26)15-12-25(20(2,3)4)24-18(15)14-7-5-6-8-16(14)21/h5-8,12-13,17,22H,9-11H2,1-4H3,(H,23,26). The van der Waals surface area contributed by atoms with Crippen LogP contribution in [0.5, 0.6) is 0 Å². The first-order valence-electron chi connectivity index (χ1n) is 9.14. The van der Waals surface area contributed by atoms with Crippen molar-refractivity contribution in [3.8, 4) is 11.3 Å². The van der Waals surface area contributed by atoms with Crippen LogP contribution in [0.3, 0.4) is 0 Å². The fourth-order valence-corrected chi connectivity index (χ4v) is 3.39. The van der Waals surface area contributed by atoms with E-state index < -0.39 is 0 Å². The van der Waals surface area contributed by atoms with Gasteiger partial charge in [0.25, 0.3) is 5.91 Å². The normalized spacial score (nSPS) is 20.8. The lowest BCUT2D eigenvalue weighted by atomic mass is 9.94. The van der Waals surface area contributed by atoms with Gasteiger partial charge in [0, 0.05) is 24.3 Å². The Labute approximate surface area is 160 Å². The summed E-state index contributed by atoms with van der Waals surface area (Å²) >= 11 is 6.38. The molecule has 2 atom stereocenters. The van der Waals surface area contributed by atoms with E-state index in [2.05, 4.69) is 38.3 Å². The number of hydrogen-bond acceptors (Lipinski definition) is 3. The molecule has 3 rings (SSSR count). The maximum absolute atomic E-state index is 13.1. The van der Waals surface area contributed by atoms with Crippen LogP contribution in [0.2, 0.25) is 5.02 Å². The molecule has 2 unspecified atom stereocenters. The first-order valence-corrected chi connectivity index (χ1v) is 9.52. The summed E-state index contributed by atoms with van der Waals surface area (Å²) in [5.74, 6) is 0.345. The minimum atomic E-state index is -0.228. The summed E-state index contributed by atoms with van der Waals surface area (Å²) in [4.78, 5) is 13.1. The van der Waals surface area contributed by atoms with Crippen molar-refractivity contribution < 1.29 is 4.79 Å². The molecule has 1 aromatic heterocycles. The Balaban J connectivity index is 1.98. The van der Waals surface area contributed by atoms with E-state index in [1.54, 1.807) is 0 Å². The summed E-state index contributed by atoms with van der Waals surface area (Å²) < 4.78 is 1.84. The van der Waals surface area contributed by atoms with Crippen molar-refractivity contribution in [1.82, 2.24) is 20.4 Å². The van der Waals surface area contributed by atoms with Crippen molar-refractivity contribution in [2.75, 3.05) is 13.1 Å². The highest BCUT2D eigenvalue weighted by Gasteiger charge is 2.27. The van der Waals surface area contributed by atoms with Crippen molar-refractivity contribution in [1.29, 1.82) is 0 Å². The molecule has 0 saturated carbocycles. The maximum atomic E-state index is 13.1. The van der Waals surface area contributed by atoms with Gasteiger partial charge in [-0.3, -0.25) is 9.48 Å². The van der Waals surface area contributed by atoms with E-state index in [0.29, 0.717) is 22.2 Å². The minimum Gasteiger partial charge on any atom is -0.348 e. The second-order valence-corrected chi connectivity index (χ2v) is 8.44. The number of benzene rings is 1. The average molecular weight is 375 g/mol. The van der Waals surface area contributed by atoms with E-state index in [9.17, 15) is 4.79 Å². The fraction of sp³-hybridized carbons (Fsp3) is 0.500. The van der Waals surface area contributed by atoms with Crippen molar-refractivity contribution in [2.24, 2.45) is 5.92 Å². The Bertz CT molecular complexity index is 793. The lowest BCUT2D eigenvalue weighted by Gasteiger charge is -2.30. The van der Waals surface area contributed by atoms with E-state index >= 15 is 0 Å². The zero-order valence-electron chi connectivity index (χ0n) is 15.8. The van der Waals surface area contributed by atoms with Crippen LogP contribution in [0.1, 0.15) is 44.5 Å². The minimum absolute atomic E-state index is 0.101. The SMILES string of the molecule is CC1CCNCC1NC(=O)c1cn(C(C)(C)C)nc1-c1ccccc1Cl. The third kappa shape index (κ3) is 3.94. The first-order chi connectivity index (χ1) is 12.3. The molecule has 6 heteroatoms. The van der Waals surface area contributed by atoms with Gasteiger partial charge >= 0.3 is 0 Å². The Morgan fingerprint density at radius 2 is 2.08 bits per heavy atom. The lowest BCUT2D eigenvalue weighted by Crippen LogP contribution is -2.50. The van der Waals surface area contributed by atoms with E-state index in [1.807, 2.05) is 35.1 Å². The van der Waals surface area contributed by atoms with Crippen LogP contribution >= 0.6 is 11.6 Å². The van der Waals surface area contributed by atoms with Gasteiger partial charge in [0.2, 0.25) is 0 Å². The third-order valence-electron chi connectivity index (χ3n) is 4.92. The summed E-state index contributed by atoms with van der Waals surface area (Å²) in [6, 6.07) is 7.63. The van der Waals surface area contributed by atoms with E-state index in [-0.39, 0.29) is 17.5 Å². The Kier molecular flexibility index (Phi) is 5.39. The molecule has 0 spiro atoms. The molecule has 26 heavy (non-hydrogen) atoms. The van der Waals surface area contributed by atoms with Gasteiger partial charge in [0.05, 0.1) is 16.1 Å². The van der Waals surface area contributed by atoms with Crippen LogP contribution in [0.25, 0.3) is 11.3 Å². The van der Waals surface area contributed by atoms with Crippen molar-refractivity contribution >= 4 is 17.5 Å². The summed E-state index contributed by atoms with van der Waals surface area (Å²) in [5.41, 5.74) is 1.73. The van der Waals surface area contributed by atoms with Crippen LogP contribution in [-0.4, -0.2) is 34.8 Å². The molecule has 2 heterocycles. The van der Waals surface area contributed by atoms with Crippen LogP contribution in [0.4, 0.5) is 0 Å². The first kappa shape index (κ1) is 18.9. The third-order valence-corrected chi connectivity index (χ3v) is 5.25. The molecule has 1 fully saturated rings. The second-order valence-electron chi connectivity index (χ2n) is 8.04. The quantitative estimate of drug-likeness (QED) is 0.861. The van der Waals surface area contributed by atoms with Crippen LogP contribution < -0.4 is 10.6 Å². The smallest absolute Gasteiger partial charge is 0.255 e. The number of hydrogen-bond donors (Lipinski definition) is 2. The van der Waals surface area contributed by atoms with Crippen LogP contribution in [-0.2, 0) is 5.54 Å². The molecule has 0 aliphatic carbocycles. The zero-order valence-corrected chi connectivity index (χ0v) is 16.6. The van der Waals surface area contributed by atoms with Gasteiger partial charge < -0.3 is 10.6 Å². The van der Waals surface area contributed by atoms with Crippen molar-refractivity contribution in [2.45, 2.75) is 45.7 Å². The molecule has 2 aromatic rings. The van der Waals surface area contributed by atoms with Gasteiger partial charge in [0.15, 0.2) is 0 Å². The fourth-order valence-electron chi connectivity index (χ4n) is 3.17. The highest BCUT2D eigenvalue weighted by Crippen LogP contribution is 2.31. The molecule has 2 N–H and O–H groups in total. The molecule has 1 saturated heterocycles. The number of carbonyl (C=O) groups excluding carboxylic acids is 1. The van der Waals surface area contributed by atoms with Gasteiger partial charge in [-0.15, -0.1) is 0 Å². The number of halogens is 1. The monoisotopic (exact) mass is 374 g/mol. The molecule has 0 bridgehead atoms. The van der Waals surface area contributed by atoms with E-state index in [1.165, 1.54) is 0 Å². The molecular weight excluding hydrogens is 348 g/mol. The maximum Gasteiger partial charge on any atom is 0.255 e. The van der Waals surface area contributed by atoms with Crippen LogP contribution in [0.15, 0.2) is 30.5 Å². The predicted octanol–water partition coefficient (Wildman–Crippen LogP) is 3.69. The number of amides is 1. The molecule has 1 aliphatic heterocycles. The Hall–Kier alpha value is -1.85. The topological polar surface area (TPSA) is 58.9 Å². The van der Waals surface area contributed by atoms with Gasteiger partial charge in [-0.25, -0.2) is 0 Å². The molecule has 5 nitrogen and oxygen atoms in total. The summed E-state index contributed by atoms with van der Waals surface area (Å²) in [5, 5.41) is 11.8. The number of rotatable bonds is 3. The van der Waals surface area contributed by atoms with Crippen LogP contribution in [0, 0.1) is 5.92 Å². The second kappa shape index (κ2) is 7.41. The van der Waals surface area contributed by atoms with Gasteiger partial charge in [-0.05, 0) is 45.7 Å². The Morgan fingerprint density at radius 3 is 2.73 bits per heavy atom. The summed E-state index contributed by atoms with van der Waals surface area (Å²) in [6.07, 6.45) is 2.89. The number of aromatic nitrogens is 2. The summed E-state index contributed by atoms with van der Waals surface area (Å²) in [7, 11) is 0. The highest BCUT2D eigenvalue weighted by atomic mass is 35.5. The molecule has 1 aliphatic rings. The molecular formula is C20H27ClN4O. The largest absolute Gasteiger partial charge is 0.348 e.